The molecule has 0 saturated heterocycles. The van der Waals surface area contributed by atoms with E-state index in [1.54, 1.807) is 23.5 Å². The highest BCUT2D eigenvalue weighted by atomic mass is 32.1. The highest BCUT2D eigenvalue weighted by Crippen LogP contribution is 2.20. The normalized spacial score (nSPS) is 10.5. The standard InChI is InChI=1S/C13H10N4O3S/c18-17(19)11-3-1-2-10(6-11)14-7-12-15-13(16-20-12)9-4-5-21-8-9/h1-6,8,14H,7H2. The van der Waals surface area contributed by atoms with E-state index in [1.165, 1.54) is 12.1 Å². The van der Waals surface area contributed by atoms with Gasteiger partial charge in [-0.25, -0.2) is 0 Å². The molecular weight excluding hydrogens is 292 g/mol. The molecule has 0 saturated carbocycles. The zero-order valence-corrected chi connectivity index (χ0v) is 11.5. The fourth-order valence-electron chi connectivity index (χ4n) is 1.74. The van der Waals surface area contributed by atoms with Gasteiger partial charge in [0, 0.05) is 28.8 Å². The lowest BCUT2D eigenvalue weighted by molar-refractivity contribution is -0.384. The van der Waals surface area contributed by atoms with Crippen LogP contribution in [0.5, 0.6) is 0 Å². The van der Waals surface area contributed by atoms with Crippen LogP contribution in [0.1, 0.15) is 5.89 Å². The monoisotopic (exact) mass is 302 g/mol. The van der Waals surface area contributed by atoms with Gasteiger partial charge in [-0.1, -0.05) is 11.2 Å². The van der Waals surface area contributed by atoms with Gasteiger partial charge in [-0.2, -0.15) is 16.3 Å². The SMILES string of the molecule is O=[N+]([O-])c1cccc(NCc2nc(-c3ccsc3)no2)c1. The quantitative estimate of drug-likeness (QED) is 0.574. The van der Waals surface area contributed by atoms with Crippen molar-refractivity contribution in [3.05, 3.63) is 57.1 Å². The summed E-state index contributed by atoms with van der Waals surface area (Å²) < 4.78 is 5.14. The number of thiophene rings is 1. The van der Waals surface area contributed by atoms with E-state index in [2.05, 4.69) is 15.5 Å². The van der Waals surface area contributed by atoms with Crippen LogP contribution in [0.4, 0.5) is 11.4 Å². The van der Waals surface area contributed by atoms with E-state index in [4.69, 9.17) is 4.52 Å². The summed E-state index contributed by atoms with van der Waals surface area (Å²) in [6.45, 7) is 0.304. The Hall–Kier alpha value is -2.74. The first-order valence-electron chi connectivity index (χ1n) is 6.06. The van der Waals surface area contributed by atoms with Gasteiger partial charge >= 0.3 is 0 Å². The van der Waals surface area contributed by atoms with Crippen LogP contribution in [0.3, 0.4) is 0 Å². The molecule has 0 aliphatic heterocycles. The van der Waals surface area contributed by atoms with Crippen LogP contribution in [0.2, 0.25) is 0 Å². The predicted molar refractivity (Wildman–Crippen MR) is 78.0 cm³/mol. The number of nitrogens with one attached hydrogen (secondary N) is 1. The summed E-state index contributed by atoms with van der Waals surface area (Å²) in [5, 5.41) is 21.5. The van der Waals surface area contributed by atoms with Crippen molar-refractivity contribution in [1.82, 2.24) is 10.1 Å². The number of nitro benzene ring substituents is 1. The number of benzene rings is 1. The lowest BCUT2D eigenvalue weighted by atomic mass is 10.3. The maximum Gasteiger partial charge on any atom is 0.271 e. The van der Waals surface area contributed by atoms with E-state index in [0.717, 1.165) is 5.56 Å². The van der Waals surface area contributed by atoms with E-state index >= 15 is 0 Å². The molecule has 0 aliphatic rings. The molecule has 1 N–H and O–H groups in total. The van der Waals surface area contributed by atoms with Crippen molar-refractivity contribution in [2.75, 3.05) is 5.32 Å². The van der Waals surface area contributed by atoms with Gasteiger partial charge < -0.3 is 9.84 Å². The average Bonchev–Trinajstić information content (AvgIpc) is 3.16. The third-order valence-electron chi connectivity index (χ3n) is 2.75. The first-order valence-corrected chi connectivity index (χ1v) is 7.00. The van der Waals surface area contributed by atoms with Gasteiger partial charge in [0.15, 0.2) is 0 Å². The van der Waals surface area contributed by atoms with Crippen LogP contribution >= 0.6 is 11.3 Å². The Morgan fingerprint density at radius 3 is 3.05 bits per heavy atom. The van der Waals surface area contributed by atoms with Gasteiger partial charge in [-0.15, -0.1) is 0 Å². The van der Waals surface area contributed by atoms with Crippen LogP contribution in [0.25, 0.3) is 11.4 Å². The van der Waals surface area contributed by atoms with Crippen molar-refractivity contribution < 1.29 is 9.45 Å². The molecule has 2 heterocycles. The maximum atomic E-state index is 10.7. The van der Waals surface area contributed by atoms with Crippen molar-refractivity contribution in [2.24, 2.45) is 0 Å². The van der Waals surface area contributed by atoms with Crippen molar-refractivity contribution in [3.8, 4) is 11.4 Å². The fourth-order valence-corrected chi connectivity index (χ4v) is 2.38. The second kappa shape index (κ2) is 5.71. The van der Waals surface area contributed by atoms with Gasteiger partial charge in [-0.05, 0) is 17.5 Å². The van der Waals surface area contributed by atoms with Gasteiger partial charge in [0.2, 0.25) is 11.7 Å². The number of nitro groups is 1. The number of non-ortho nitro benzene ring substituents is 1. The van der Waals surface area contributed by atoms with Crippen LogP contribution in [-0.4, -0.2) is 15.1 Å². The summed E-state index contributed by atoms with van der Waals surface area (Å²) in [5.41, 5.74) is 1.56. The largest absolute Gasteiger partial charge is 0.376 e. The topological polar surface area (TPSA) is 94.1 Å². The van der Waals surface area contributed by atoms with Gasteiger partial charge in [-0.3, -0.25) is 10.1 Å². The van der Waals surface area contributed by atoms with Crippen LogP contribution in [-0.2, 0) is 6.54 Å². The first-order chi connectivity index (χ1) is 10.2. The zero-order chi connectivity index (χ0) is 14.7. The Kier molecular flexibility index (Phi) is 3.61. The van der Waals surface area contributed by atoms with Crippen LogP contribution < -0.4 is 5.32 Å². The maximum absolute atomic E-state index is 10.7. The van der Waals surface area contributed by atoms with Crippen molar-refractivity contribution in [2.45, 2.75) is 6.54 Å². The lowest BCUT2D eigenvalue weighted by Crippen LogP contribution is -2.00. The average molecular weight is 302 g/mol. The van der Waals surface area contributed by atoms with E-state index < -0.39 is 4.92 Å². The molecule has 0 unspecified atom stereocenters. The number of hydrogen-bond acceptors (Lipinski definition) is 7. The molecule has 8 heteroatoms. The summed E-state index contributed by atoms with van der Waals surface area (Å²) in [4.78, 5) is 14.5. The number of aromatic nitrogens is 2. The van der Waals surface area contributed by atoms with Crippen molar-refractivity contribution >= 4 is 22.7 Å². The number of anilines is 1. The Labute approximate surface area is 123 Å². The Bertz CT molecular complexity index is 754. The van der Waals surface area contributed by atoms with Gasteiger partial charge in [0.1, 0.15) is 0 Å². The molecule has 0 atom stereocenters. The highest BCUT2D eigenvalue weighted by Gasteiger charge is 2.10. The minimum atomic E-state index is -0.438. The molecule has 0 amide bonds. The molecule has 2 aromatic heterocycles. The molecular formula is C13H10N4O3S. The van der Waals surface area contributed by atoms with Crippen LogP contribution in [0.15, 0.2) is 45.6 Å². The molecule has 21 heavy (non-hydrogen) atoms. The van der Waals surface area contributed by atoms with Gasteiger partial charge in [0.25, 0.3) is 5.69 Å². The zero-order valence-electron chi connectivity index (χ0n) is 10.7. The number of nitrogens with zero attached hydrogens (tertiary/aromatic N) is 3. The molecule has 3 aromatic rings. The van der Waals surface area contributed by atoms with Crippen molar-refractivity contribution in [3.63, 3.8) is 0 Å². The predicted octanol–water partition coefficient (Wildman–Crippen LogP) is 3.32. The van der Waals surface area contributed by atoms with Crippen molar-refractivity contribution in [1.29, 1.82) is 0 Å². The second-order valence-corrected chi connectivity index (χ2v) is 4.96. The molecule has 1 aromatic carbocycles. The first kappa shape index (κ1) is 13.3. The summed E-state index contributed by atoms with van der Waals surface area (Å²) in [6, 6.07) is 8.16. The minimum absolute atomic E-state index is 0.0319. The number of hydrogen-bond donors (Lipinski definition) is 1. The Morgan fingerprint density at radius 1 is 1.38 bits per heavy atom. The number of rotatable bonds is 5. The Balaban J connectivity index is 1.68. The summed E-state index contributed by atoms with van der Waals surface area (Å²) >= 11 is 1.56. The third kappa shape index (κ3) is 3.06. The summed E-state index contributed by atoms with van der Waals surface area (Å²) in [5.74, 6) is 0.954. The lowest BCUT2D eigenvalue weighted by Gasteiger charge is -2.02. The molecule has 0 spiro atoms. The molecule has 0 bridgehead atoms. The van der Waals surface area contributed by atoms with E-state index in [-0.39, 0.29) is 5.69 Å². The molecule has 3 rings (SSSR count). The van der Waals surface area contributed by atoms with E-state index in [1.807, 2.05) is 16.8 Å². The smallest absolute Gasteiger partial charge is 0.271 e. The van der Waals surface area contributed by atoms with Crippen LogP contribution in [0, 0.1) is 10.1 Å². The highest BCUT2D eigenvalue weighted by molar-refractivity contribution is 7.08. The Morgan fingerprint density at radius 2 is 2.29 bits per heavy atom. The summed E-state index contributed by atoms with van der Waals surface area (Å²) in [6.07, 6.45) is 0. The molecule has 0 aliphatic carbocycles. The summed E-state index contributed by atoms with van der Waals surface area (Å²) in [7, 11) is 0. The van der Waals surface area contributed by atoms with E-state index in [9.17, 15) is 10.1 Å². The molecule has 0 radical (unpaired) electrons. The molecule has 7 nitrogen and oxygen atoms in total. The fraction of sp³-hybridized carbons (Fsp3) is 0.0769. The molecule has 106 valence electrons. The molecule has 0 fully saturated rings. The second-order valence-electron chi connectivity index (χ2n) is 4.18. The van der Waals surface area contributed by atoms with Gasteiger partial charge in [0.05, 0.1) is 11.5 Å². The van der Waals surface area contributed by atoms with E-state index in [0.29, 0.717) is 23.9 Å². The minimum Gasteiger partial charge on any atom is -0.376 e. The third-order valence-corrected chi connectivity index (χ3v) is 3.43.